The third-order valence-corrected chi connectivity index (χ3v) is 4.74. The normalized spacial score (nSPS) is 13.7. The van der Waals surface area contributed by atoms with Crippen molar-refractivity contribution in [3.8, 4) is 0 Å². The Morgan fingerprint density at radius 1 is 1.24 bits per heavy atom. The molecule has 128 valence electrons. The Labute approximate surface area is 157 Å². The summed E-state index contributed by atoms with van der Waals surface area (Å²) >= 11 is 9.63. The third-order valence-electron chi connectivity index (χ3n) is 3.83. The molecule has 0 saturated heterocycles. The van der Waals surface area contributed by atoms with Gasteiger partial charge in [0.1, 0.15) is 5.82 Å². The number of H-pyrrole nitrogens is 1. The fourth-order valence-electron chi connectivity index (χ4n) is 2.39. The fraction of sp³-hybridized carbons (Fsp3) is 0.188. The average molecular weight is 421 g/mol. The summed E-state index contributed by atoms with van der Waals surface area (Å²) in [4.78, 5) is 8.73. The molecule has 0 radical (unpaired) electrons. The molecule has 1 aromatic carbocycles. The Bertz CT molecular complexity index is 923. The maximum absolute atomic E-state index is 6.17. The van der Waals surface area contributed by atoms with Crippen LogP contribution in [0.1, 0.15) is 24.5 Å². The molecule has 0 amide bonds. The first-order chi connectivity index (χ1) is 12.1. The minimum absolute atomic E-state index is 0.403. The SMILES string of the molecule is Nc1ccc(Cl)c(Nc2ncc(Br)c(Nc3cc(C4CC4)n[nH]3)n2)c1. The maximum atomic E-state index is 6.17. The zero-order valence-electron chi connectivity index (χ0n) is 13.1. The molecule has 2 heterocycles. The Morgan fingerprint density at radius 3 is 2.88 bits per heavy atom. The average Bonchev–Trinajstić information content (AvgIpc) is 3.34. The van der Waals surface area contributed by atoms with E-state index in [1.54, 1.807) is 24.4 Å². The molecule has 1 aliphatic carbocycles. The second kappa shape index (κ2) is 6.53. The number of nitrogen functional groups attached to an aromatic ring is 1. The van der Waals surface area contributed by atoms with Crippen LogP contribution in [0.3, 0.4) is 0 Å². The van der Waals surface area contributed by atoms with Crippen molar-refractivity contribution >= 4 is 56.5 Å². The Balaban J connectivity index is 1.56. The van der Waals surface area contributed by atoms with Gasteiger partial charge in [0.2, 0.25) is 5.95 Å². The Kier molecular flexibility index (Phi) is 4.22. The standard InChI is InChI=1S/C16H15BrClN7/c17-10-7-20-16(21-13-5-9(19)3-4-11(13)18)23-15(10)22-14-6-12(24-25-14)8-1-2-8/h3-8H,1-2,19H2,(H3,20,21,22,23,24,25). The fourth-order valence-corrected chi connectivity index (χ4v) is 2.85. The van der Waals surface area contributed by atoms with Crippen molar-refractivity contribution in [2.45, 2.75) is 18.8 Å². The lowest BCUT2D eigenvalue weighted by Crippen LogP contribution is -2.02. The predicted molar refractivity (Wildman–Crippen MR) is 103 cm³/mol. The van der Waals surface area contributed by atoms with Crippen molar-refractivity contribution in [1.82, 2.24) is 20.2 Å². The summed E-state index contributed by atoms with van der Waals surface area (Å²) in [5, 5.41) is 14.1. The van der Waals surface area contributed by atoms with Gasteiger partial charge in [-0.2, -0.15) is 10.1 Å². The predicted octanol–water partition coefficient (Wildman–Crippen LogP) is 4.56. The molecule has 0 unspecified atom stereocenters. The van der Waals surface area contributed by atoms with Gasteiger partial charge in [0, 0.05) is 23.9 Å². The van der Waals surface area contributed by atoms with Crippen LogP contribution in [-0.2, 0) is 0 Å². The van der Waals surface area contributed by atoms with Crippen molar-refractivity contribution in [2.24, 2.45) is 0 Å². The number of hydrogen-bond donors (Lipinski definition) is 4. The molecule has 1 aliphatic rings. The van der Waals surface area contributed by atoms with E-state index in [0.29, 0.717) is 34.1 Å². The second-order valence-electron chi connectivity index (χ2n) is 5.86. The number of nitrogens with one attached hydrogen (secondary N) is 3. The summed E-state index contributed by atoms with van der Waals surface area (Å²) in [7, 11) is 0. The molecule has 4 rings (SSSR count). The van der Waals surface area contributed by atoms with Crippen molar-refractivity contribution in [1.29, 1.82) is 0 Å². The Hall–Kier alpha value is -2.32. The van der Waals surface area contributed by atoms with Gasteiger partial charge in [-0.3, -0.25) is 5.10 Å². The molecule has 0 aliphatic heterocycles. The molecule has 2 aromatic heterocycles. The molecular formula is C16H15BrClN7. The number of aromatic nitrogens is 4. The number of hydrogen-bond acceptors (Lipinski definition) is 6. The smallest absolute Gasteiger partial charge is 0.229 e. The van der Waals surface area contributed by atoms with Crippen molar-refractivity contribution in [2.75, 3.05) is 16.4 Å². The topological polar surface area (TPSA) is 105 Å². The number of benzene rings is 1. The quantitative estimate of drug-likeness (QED) is 0.451. The highest BCUT2D eigenvalue weighted by molar-refractivity contribution is 9.10. The van der Waals surface area contributed by atoms with Gasteiger partial charge in [-0.1, -0.05) is 11.6 Å². The molecule has 25 heavy (non-hydrogen) atoms. The number of rotatable bonds is 5. The summed E-state index contributed by atoms with van der Waals surface area (Å²) in [6.07, 6.45) is 4.07. The van der Waals surface area contributed by atoms with E-state index in [-0.39, 0.29) is 0 Å². The van der Waals surface area contributed by atoms with Crippen LogP contribution in [0.5, 0.6) is 0 Å². The summed E-state index contributed by atoms with van der Waals surface area (Å²) in [6, 6.07) is 7.20. The Morgan fingerprint density at radius 2 is 2.08 bits per heavy atom. The van der Waals surface area contributed by atoms with Gasteiger partial charge in [-0.25, -0.2) is 4.98 Å². The van der Waals surface area contributed by atoms with Crippen LogP contribution in [-0.4, -0.2) is 20.2 Å². The van der Waals surface area contributed by atoms with Gasteiger partial charge in [-0.15, -0.1) is 0 Å². The first-order valence-electron chi connectivity index (χ1n) is 7.75. The minimum Gasteiger partial charge on any atom is -0.399 e. The number of nitrogens with zero attached hydrogens (tertiary/aromatic N) is 3. The van der Waals surface area contributed by atoms with Gasteiger partial charge in [0.25, 0.3) is 0 Å². The first kappa shape index (κ1) is 16.2. The number of aromatic amines is 1. The number of halogens is 2. The van der Waals surface area contributed by atoms with Crippen LogP contribution < -0.4 is 16.4 Å². The molecule has 3 aromatic rings. The zero-order chi connectivity index (χ0) is 17.4. The van der Waals surface area contributed by atoms with E-state index in [1.807, 2.05) is 6.07 Å². The largest absolute Gasteiger partial charge is 0.399 e. The van der Waals surface area contributed by atoms with Gasteiger partial charge in [0.15, 0.2) is 5.82 Å². The van der Waals surface area contributed by atoms with Crippen molar-refractivity contribution in [3.05, 3.63) is 45.7 Å². The van der Waals surface area contributed by atoms with Gasteiger partial charge < -0.3 is 16.4 Å². The molecule has 7 nitrogen and oxygen atoms in total. The van der Waals surface area contributed by atoms with Gasteiger partial charge in [0.05, 0.1) is 20.9 Å². The molecule has 5 N–H and O–H groups in total. The van der Waals surface area contributed by atoms with E-state index >= 15 is 0 Å². The molecular weight excluding hydrogens is 406 g/mol. The third kappa shape index (κ3) is 3.69. The molecule has 1 fully saturated rings. The zero-order valence-corrected chi connectivity index (χ0v) is 15.4. The van der Waals surface area contributed by atoms with E-state index in [2.05, 4.69) is 46.7 Å². The summed E-state index contributed by atoms with van der Waals surface area (Å²) in [6.45, 7) is 0. The van der Waals surface area contributed by atoms with Crippen LogP contribution in [0.25, 0.3) is 0 Å². The highest BCUT2D eigenvalue weighted by Gasteiger charge is 2.26. The van der Waals surface area contributed by atoms with Crippen LogP contribution in [0.15, 0.2) is 34.9 Å². The van der Waals surface area contributed by atoms with E-state index < -0.39 is 0 Å². The van der Waals surface area contributed by atoms with Crippen LogP contribution in [0.2, 0.25) is 5.02 Å². The van der Waals surface area contributed by atoms with E-state index in [9.17, 15) is 0 Å². The van der Waals surface area contributed by atoms with E-state index in [1.165, 1.54) is 12.8 Å². The van der Waals surface area contributed by atoms with Crippen LogP contribution >= 0.6 is 27.5 Å². The van der Waals surface area contributed by atoms with Crippen LogP contribution in [0.4, 0.5) is 29.0 Å². The highest BCUT2D eigenvalue weighted by atomic mass is 79.9. The maximum Gasteiger partial charge on any atom is 0.229 e. The second-order valence-corrected chi connectivity index (χ2v) is 7.12. The van der Waals surface area contributed by atoms with Crippen LogP contribution in [0, 0.1) is 0 Å². The number of nitrogens with two attached hydrogens (primary N) is 1. The summed E-state index contributed by atoms with van der Waals surface area (Å²) in [5.41, 5.74) is 8.13. The lowest BCUT2D eigenvalue weighted by Gasteiger charge is -2.10. The molecule has 0 bridgehead atoms. The van der Waals surface area contributed by atoms with Crippen molar-refractivity contribution < 1.29 is 0 Å². The summed E-state index contributed by atoms with van der Waals surface area (Å²) < 4.78 is 0.735. The minimum atomic E-state index is 0.403. The first-order valence-corrected chi connectivity index (χ1v) is 8.92. The number of anilines is 5. The summed E-state index contributed by atoms with van der Waals surface area (Å²) in [5.74, 6) is 2.39. The van der Waals surface area contributed by atoms with E-state index in [4.69, 9.17) is 17.3 Å². The van der Waals surface area contributed by atoms with E-state index in [0.717, 1.165) is 16.0 Å². The lowest BCUT2D eigenvalue weighted by atomic mass is 10.3. The van der Waals surface area contributed by atoms with Crippen molar-refractivity contribution in [3.63, 3.8) is 0 Å². The molecule has 1 saturated carbocycles. The molecule has 0 spiro atoms. The molecule has 0 atom stereocenters. The van der Waals surface area contributed by atoms with Gasteiger partial charge >= 0.3 is 0 Å². The monoisotopic (exact) mass is 419 g/mol. The van der Waals surface area contributed by atoms with Gasteiger partial charge in [-0.05, 0) is 47.0 Å². The lowest BCUT2D eigenvalue weighted by molar-refractivity contribution is 0.966. The molecule has 9 heteroatoms. The highest BCUT2D eigenvalue weighted by Crippen LogP contribution is 2.39.